The standard InChI is InChI=1S/C47H49N13O4/c1-29-53-55-46-47(20-21-47)52-42(36-24-31(14-17-38(36)59(29)46)32-25-50-57(2)27-32)30-12-15-33(16-13-30)48-22-7-5-3-4-6-8-23-58-28-34(54-56-58)26-49-37-11-9-10-35-41(37)45(64)60(44(35)63)39-18-19-40(61)51-43(39)62/h9-17,24-25,27-28,39,48-49H,3-8,18-23,26H2,1-2H3,(H,51,61,62). The summed E-state index contributed by atoms with van der Waals surface area (Å²) in [6, 6.07) is 19.2. The summed E-state index contributed by atoms with van der Waals surface area (Å²) < 4.78 is 5.84. The van der Waals surface area contributed by atoms with Crippen LogP contribution in [0.3, 0.4) is 0 Å². The lowest BCUT2D eigenvalue weighted by Gasteiger charge is -2.27. The number of benzene rings is 3. The van der Waals surface area contributed by atoms with Gasteiger partial charge in [-0.1, -0.05) is 55.2 Å². The van der Waals surface area contributed by atoms with Crippen molar-refractivity contribution in [2.75, 3.05) is 17.2 Å². The van der Waals surface area contributed by atoms with Crippen LogP contribution in [0.1, 0.15) is 113 Å². The minimum absolute atomic E-state index is 0.0686. The molecule has 4 aliphatic rings. The number of unbranched alkanes of at least 4 members (excludes halogenated alkanes) is 5. The fourth-order valence-electron chi connectivity index (χ4n) is 9.08. The number of nitrogens with one attached hydrogen (secondary N) is 3. The summed E-state index contributed by atoms with van der Waals surface area (Å²) in [5.41, 5.74) is 8.65. The number of rotatable bonds is 16. The number of aliphatic imine (C=N–C) groups is 1. The van der Waals surface area contributed by atoms with Gasteiger partial charge in [0.2, 0.25) is 11.8 Å². The van der Waals surface area contributed by atoms with Gasteiger partial charge in [0.05, 0.1) is 41.5 Å². The molecule has 0 radical (unpaired) electrons. The molecule has 3 aromatic carbocycles. The molecule has 3 aliphatic heterocycles. The number of carbonyl (C=O) groups is 4. The fourth-order valence-corrected chi connectivity index (χ4v) is 9.08. The molecule has 64 heavy (non-hydrogen) atoms. The summed E-state index contributed by atoms with van der Waals surface area (Å²) in [5.74, 6) is -0.358. The number of piperidine rings is 1. The zero-order valence-electron chi connectivity index (χ0n) is 35.9. The largest absolute Gasteiger partial charge is 0.385 e. The molecule has 17 heteroatoms. The van der Waals surface area contributed by atoms with Crippen LogP contribution in [-0.2, 0) is 35.3 Å². The minimum Gasteiger partial charge on any atom is -0.385 e. The molecule has 1 saturated carbocycles. The van der Waals surface area contributed by atoms with Crippen LogP contribution >= 0.6 is 0 Å². The van der Waals surface area contributed by atoms with E-state index in [1.165, 1.54) is 0 Å². The van der Waals surface area contributed by atoms with Crippen molar-refractivity contribution >= 4 is 40.7 Å². The van der Waals surface area contributed by atoms with E-state index in [1.807, 2.05) is 41.9 Å². The van der Waals surface area contributed by atoms with E-state index in [4.69, 9.17) is 4.99 Å². The van der Waals surface area contributed by atoms with Crippen LogP contribution in [0.5, 0.6) is 0 Å². The zero-order chi connectivity index (χ0) is 44.0. The number of anilines is 2. The van der Waals surface area contributed by atoms with Crippen molar-refractivity contribution in [2.45, 2.75) is 95.8 Å². The van der Waals surface area contributed by atoms with Crippen molar-refractivity contribution in [2.24, 2.45) is 12.0 Å². The first-order chi connectivity index (χ1) is 31.2. The molecule has 326 valence electrons. The molecule has 1 unspecified atom stereocenters. The number of nitrogens with zero attached hydrogens (tertiary/aromatic N) is 10. The van der Waals surface area contributed by atoms with E-state index in [1.54, 1.807) is 18.2 Å². The van der Waals surface area contributed by atoms with Crippen LogP contribution in [-0.4, -0.2) is 86.4 Å². The summed E-state index contributed by atoms with van der Waals surface area (Å²) in [6.07, 6.45) is 14.5. The first kappa shape index (κ1) is 40.8. The lowest BCUT2D eigenvalue weighted by Crippen LogP contribution is -2.54. The first-order valence-electron chi connectivity index (χ1n) is 22.1. The topological polar surface area (TPSA) is 199 Å². The van der Waals surface area contributed by atoms with Gasteiger partial charge in [-0.3, -0.25) is 48.3 Å². The van der Waals surface area contributed by atoms with Crippen LogP contribution in [0.2, 0.25) is 0 Å². The van der Waals surface area contributed by atoms with E-state index in [9.17, 15) is 19.2 Å². The van der Waals surface area contributed by atoms with Crippen molar-refractivity contribution in [3.8, 4) is 16.8 Å². The molecule has 1 atom stereocenters. The van der Waals surface area contributed by atoms with E-state index < -0.39 is 29.7 Å². The van der Waals surface area contributed by atoms with Crippen LogP contribution in [0, 0.1) is 6.92 Å². The number of aromatic nitrogens is 8. The second kappa shape index (κ2) is 16.8. The molecular weight excluding hydrogens is 811 g/mol. The highest BCUT2D eigenvalue weighted by Gasteiger charge is 2.51. The number of fused-ring (bicyclic) bond motifs is 5. The molecule has 3 N–H and O–H groups in total. The molecule has 6 heterocycles. The van der Waals surface area contributed by atoms with E-state index >= 15 is 0 Å². The Balaban J connectivity index is 0.670. The third kappa shape index (κ3) is 7.75. The predicted molar refractivity (Wildman–Crippen MR) is 238 cm³/mol. The summed E-state index contributed by atoms with van der Waals surface area (Å²) in [5, 5.41) is 31.1. The molecule has 17 nitrogen and oxygen atoms in total. The second-order valence-electron chi connectivity index (χ2n) is 17.2. The minimum atomic E-state index is -1.02. The van der Waals surface area contributed by atoms with Gasteiger partial charge in [-0.05, 0) is 81.0 Å². The number of carbonyl (C=O) groups excluding carboxylic acids is 4. The quantitative estimate of drug-likeness (QED) is 0.0777. The van der Waals surface area contributed by atoms with Gasteiger partial charge < -0.3 is 10.6 Å². The maximum absolute atomic E-state index is 13.4. The molecule has 1 spiro atoms. The van der Waals surface area contributed by atoms with E-state index in [-0.39, 0.29) is 29.5 Å². The molecule has 4 amide bonds. The molecule has 3 aromatic heterocycles. The van der Waals surface area contributed by atoms with Gasteiger partial charge >= 0.3 is 0 Å². The fraction of sp³-hybridized carbons (Fsp3) is 0.362. The van der Waals surface area contributed by atoms with Crippen LogP contribution in [0.4, 0.5) is 11.4 Å². The third-order valence-corrected chi connectivity index (χ3v) is 12.6. The predicted octanol–water partition coefficient (Wildman–Crippen LogP) is 5.87. The number of imide groups is 2. The average Bonchev–Trinajstić information content (AvgIpc) is 3.54. The molecule has 1 saturated heterocycles. The number of aryl methyl sites for hydroxylation is 3. The summed E-state index contributed by atoms with van der Waals surface area (Å²) in [7, 11) is 1.93. The maximum atomic E-state index is 13.4. The van der Waals surface area contributed by atoms with E-state index in [0.717, 1.165) is 120 Å². The van der Waals surface area contributed by atoms with Gasteiger partial charge in [0.1, 0.15) is 23.1 Å². The first-order valence-corrected chi connectivity index (χ1v) is 22.1. The van der Waals surface area contributed by atoms with Gasteiger partial charge in [0.25, 0.3) is 11.8 Å². The van der Waals surface area contributed by atoms with Gasteiger partial charge in [0, 0.05) is 60.8 Å². The van der Waals surface area contributed by atoms with Crippen molar-refractivity contribution in [3.05, 3.63) is 119 Å². The molecule has 6 aromatic rings. The molecule has 10 rings (SSSR count). The van der Waals surface area contributed by atoms with Gasteiger partial charge in [-0.15, -0.1) is 15.3 Å². The Bertz CT molecular complexity index is 2830. The van der Waals surface area contributed by atoms with Gasteiger partial charge in [-0.2, -0.15) is 5.10 Å². The number of hydrogen-bond donors (Lipinski definition) is 3. The highest BCUT2D eigenvalue weighted by molar-refractivity contribution is 6.25. The Hall–Kier alpha value is -7.30. The van der Waals surface area contributed by atoms with Crippen molar-refractivity contribution in [1.82, 2.24) is 49.8 Å². The normalized spacial score (nSPS) is 17.2. The van der Waals surface area contributed by atoms with Crippen molar-refractivity contribution in [1.29, 1.82) is 0 Å². The van der Waals surface area contributed by atoms with Crippen LogP contribution < -0.4 is 16.0 Å². The summed E-state index contributed by atoms with van der Waals surface area (Å²) >= 11 is 0. The number of amides is 4. The Morgan fingerprint density at radius 1 is 0.812 bits per heavy atom. The second-order valence-corrected chi connectivity index (χ2v) is 17.2. The summed E-state index contributed by atoms with van der Waals surface area (Å²) in [6.45, 7) is 3.97. The lowest BCUT2D eigenvalue weighted by atomic mass is 9.96. The molecular formula is C47H49N13O4. The maximum Gasteiger partial charge on any atom is 0.264 e. The molecule has 2 fully saturated rings. The van der Waals surface area contributed by atoms with E-state index in [0.29, 0.717) is 17.9 Å². The summed E-state index contributed by atoms with van der Waals surface area (Å²) in [4.78, 5) is 57.1. The van der Waals surface area contributed by atoms with Crippen molar-refractivity contribution < 1.29 is 19.2 Å². The lowest BCUT2D eigenvalue weighted by molar-refractivity contribution is -0.136. The molecule has 1 aliphatic carbocycles. The van der Waals surface area contributed by atoms with Gasteiger partial charge in [0.15, 0.2) is 5.82 Å². The monoisotopic (exact) mass is 859 g/mol. The van der Waals surface area contributed by atoms with Crippen LogP contribution in [0.15, 0.2) is 84.2 Å². The van der Waals surface area contributed by atoms with Gasteiger partial charge in [-0.25, -0.2) is 0 Å². The Kier molecular flexibility index (Phi) is 10.7. The highest BCUT2D eigenvalue weighted by atomic mass is 16.2. The van der Waals surface area contributed by atoms with Crippen LogP contribution in [0.25, 0.3) is 16.8 Å². The smallest absolute Gasteiger partial charge is 0.264 e. The Labute approximate surface area is 369 Å². The van der Waals surface area contributed by atoms with E-state index in [2.05, 4.69) is 88.6 Å². The zero-order valence-corrected chi connectivity index (χ0v) is 35.9. The Morgan fingerprint density at radius 2 is 1.61 bits per heavy atom. The molecule has 0 bridgehead atoms. The Morgan fingerprint density at radius 3 is 2.39 bits per heavy atom. The third-order valence-electron chi connectivity index (χ3n) is 12.6. The van der Waals surface area contributed by atoms with Crippen molar-refractivity contribution in [3.63, 3.8) is 0 Å². The highest BCUT2D eigenvalue weighted by Crippen LogP contribution is 2.52. The number of hydrogen-bond acceptors (Lipinski definition) is 12. The average molecular weight is 860 g/mol. The SMILES string of the molecule is Cc1nnc2n1-c1ccc(-c3cnn(C)c3)cc1C(c1ccc(NCCCCCCCCn3cc(CNc4cccc5c4C(=O)N(C4CCC(=O)NC4=O)C5=O)nn3)cc1)=NC21CC1.